The summed E-state index contributed by atoms with van der Waals surface area (Å²) in [5.74, 6) is 1.66. The molecule has 0 amide bonds. The summed E-state index contributed by atoms with van der Waals surface area (Å²) in [4.78, 5) is 19.7. The molecule has 0 aliphatic carbocycles. The van der Waals surface area contributed by atoms with Crippen molar-refractivity contribution in [2.24, 2.45) is 11.1 Å². The Morgan fingerprint density at radius 2 is 2.00 bits per heavy atom. The first-order valence-corrected chi connectivity index (χ1v) is 11.0. The van der Waals surface area contributed by atoms with E-state index in [1.54, 1.807) is 0 Å². The number of nitrogens with one attached hydrogen (secondary N) is 1. The number of hydrogen-bond donors (Lipinski definition) is 3. The molecule has 5 rings (SSSR count). The molecule has 0 bridgehead atoms. The minimum atomic E-state index is -0.150. The quantitative estimate of drug-likeness (QED) is 0.594. The van der Waals surface area contributed by atoms with Gasteiger partial charge in [-0.05, 0) is 45.7 Å². The maximum atomic E-state index is 10.1. The second kappa shape index (κ2) is 7.55. The van der Waals surface area contributed by atoms with E-state index in [9.17, 15) is 5.11 Å². The Balaban J connectivity index is 1.43. The maximum absolute atomic E-state index is 10.1. The van der Waals surface area contributed by atoms with Gasteiger partial charge in [0.1, 0.15) is 11.5 Å². The molecule has 3 aromatic rings. The lowest BCUT2D eigenvalue weighted by Crippen LogP contribution is -2.51. The van der Waals surface area contributed by atoms with Gasteiger partial charge in [0.2, 0.25) is 0 Å². The number of hydrogen-bond acceptors (Lipinski definition) is 7. The molecular formula is C23H30N6O2. The molecule has 0 radical (unpaired) electrons. The number of nitrogens with zero attached hydrogens (tertiary/aromatic N) is 4. The fraction of sp³-hybridized carbons (Fsp3) is 0.522. The van der Waals surface area contributed by atoms with Crippen LogP contribution in [0.15, 0.2) is 18.2 Å². The van der Waals surface area contributed by atoms with E-state index in [1.165, 1.54) is 0 Å². The normalized spacial score (nSPS) is 23.2. The van der Waals surface area contributed by atoms with Crippen molar-refractivity contribution >= 4 is 16.9 Å². The number of fused-ring (bicyclic) bond motifs is 1. The van der Waals surface area contributed by atoms with Crippen LogP contribution in [0.1, 0.15) is 37.0 Å². The maximum Gasteiger partial charge on any atom is 0.153 e. The van der Waals surface area contributed by atoms with E-state index in [0.29, 0.717) is 5.69 Å². The van der Waals surface area contributed by atoms with Crippen molar-refractivity contribution in [2.45, 2.75) is 52.4 Å². The number of nitrogens with two attached hydrogens (primary N) is 1. The number of aryl methyl sites for hydroxylation is 2. The predicted octanol–water partition coefficient (Wildman–Crippen LogP) is 2.46. The van der Waals surface area contributed by atoms with Crippen LogP contribution in [-0.4, -0.2) is 56.9 Å². The van der Waals surface area contributed by atoms with E-state index in [1.807, 2.05) is 32.0 Å². The van der Waals surface area contributed by atoms with Crippen molar-refractivity contribution in [3.63, 3.8) is 0 Å². The zero-order chi connectivity index (χ0) is 21.8. The van der Waals surface area contributed by atoms with Crippen LogP contribution >= 0.6 is 0 Å². The van der Waals surface area contributed by atoms with Crippen LogP contribution in [0.3, 0.4) is 0 Å². The second-order valence-electron chi connectivity index (χ2n) is 9.03. The highest BCUT2D eigenvalue weighted by atomic mass is 16.5. The lowest BCUT2D eigenvalue weighted by Gasteiger charge is -2.42. The molecule has 31 heavy (non-hydrogen) atoms. The summed E-state index contributed by atoms with van der Waals surface area (Å²) in [6, 6.07) is 6.11. The molecule has 2 aliphatic heterocycles. The predicted molar refractivity (Wildman–Crippen MR) is 120 cm³/mol. The number of H-pyrrole nitrogens is 1. The van der Waals surface area contributed by atoms with Gasteiger partial charge in [0, 0.05) is 30.1 Å². The van der Waals surface area contributed by atoms with Crippen molar-refractivity contribution in [1.82, 2.24) is 19.9 Å². The van der Waals surface area contributed by atoms with E-state index in [2.05, 4.69) is 21.8 Å². The standard InChI is InChI=1S/C23H30N6O2/c1-13-20(16-4-5-17-18(10-16)27-15(3)26-17)28-19(11-30)22(25-13)29-8-6-23(7-9-29)12-31-14(2)21(23)24/h4-5,10,14,21,30H,6-9,11-12,24H2,1-3H3,(H,26,27)/t14-,21+/m0/s1. The van der Waals surface area contributed by atoms with Crippen LogP contribution in [0.25, 0.3) is 22.3 Å². The van der Waals surface area contributed by atoms with E-state index >= 15 is 0 Å². The molecular weight excluding hydrogens is 392 g/mol. The Kier molecular flexibility index (Phi) is 4.96. The number of anilines is 1. The number of ether oxygens (including phenoxy) is 1. The summed E-state index contributed by atoms with van der Waals surface area (Å²) in [5, 5.41) is 10.1. The number of aromatic nitrogens is 4. The van der Waals surface area contributed by atoms with Gasteiger partial charge in [-0.15, -0.1) is 0 Å². The Bertz CT molecular complexity index is 1120. The Morgan fingerprint density at radius 1 is 1.23 bits per heavy atom. The number of benzene rings is 1. The molecule has 0 unspecified atom stereocenters. The molecule has 4 N–H and O–H groups in total. The molecule has 8 heteroatoms. The number of rotatable bonds is 3. The molecule has 2 aromatic heterocycles. The average molecular weight is 423 g/mol. The van der Waals surface area contributed by atoms with Gasteiger partial charge in [-0.1, -0.05) is 6.07 Å². The molecule has 2 atom stereocenters. The second-order valence-corrected chi connectivity index (χ2v) is 9.03. The first kappa shape index (κ1) is 20.4. The Hall–Kier alpha value is -2.55. The molecule has 8 nitrogen and oxygen atoms in total. The van der Waals surface area contributed by atoms with Crippen molar-refractivity contribution in [1.29, 1.82) is 0 Å². The van der Waals surface area contributed by atoms with Gasteiger partial charge in [-0.3, -0.25) is 0 Å². The zero-order valence-corrected chi connectivity index (χ0v) is 18.4. The monoisotopic (exact) mass is 422 g/mol. The summed E-state index contributed by atoms with van der Waals surface area (Å²) < 4.78 is 5.84. The van der Waals surface area contributed by atoms with Crippen LogP contribution in [0.5, 0.6) is 0 Å². The minimum Gasteiger partial charge on any atom is -0.390 e. The average Bonchev–Trinajstić information content (AvgIpc) is 3.28. The SMILES string of the molecule is Cc1nc2ccc(-c3nc(CO)c(N4CCC5(CC4)CO[C@@H](C)[C@H]5N)nc3C)cc2[nH]1. The van der Waals surface area contributed by atoms with Gasteiger partial charge in [0.05, 0.1) is 41.7 Å². The van der Waals surface area contributed by atoms with Crippen molar-refractivity contribution in [3.05, 3.63) is 35.4 Å². The van der Waals surface area contributed by atoms with E-state index in [0.717, 1.165) is 72.2 Å². The third kappa shape index (κ3) is 3.39. The summed E-state index contributed by atoms with van der Waals surface area (Å²) in [5.41, 5.74) is 11.6. The fourth-order valence-electron chi connectivity index (χ4n) is 5.10. The van der Waals surface area contributed by atoms with Crippen molar-refractivity contribution in [3.8, 4) is 11.3 Å². The Morgan fingerprint density at radius 3 is 2.68 bits per heavy atom. The molecule has 0 saturated carbocycles. The lowest BCUT2D eigenvalue weighted by molar-refractivity contribution is 0.0973. The number of aliphatic hydroxyl groups is 1. The number of aromatic amines is 1. The van der Waals surface area contributed by atoms with Gasteiger partial charge in [0.15, 0.2) is 5.82 Å². The van der Waals surface area contributed by atoms with Gasteiger partial charge in [-0.2, -0.15) is 0 Å². The van der Waals surface area contributed by atoms with Gasteiger partial charge in [-0.25, -0.2) is 15.0 Å². The summed E-state index contributed by atoms with van der Waals surface area (Å²) in [7, 11) is 0. The molecule has 1 aromatic carbocycles. The van der Waals surface area contributed by atoms with E-state index < -0.39 is 0 Å². The van der Waals surface area contributed by atoms with E-state index in [-0.39, 0.29) is 24.2 Å². The van der Waals surface area contributed by atoms with Crippen LogP contribution in [0.2, 0.25) is 0 Å². The highest BCUT2D eigenvalue weighted by Crippen LogP contribution is 2.42. The van der Waals surface area contributed by atoms with Gasteiger partial charge < -0.3 is 25.5 Å². The van der Waals surface area contributed by atoms with E-state index in [4.69, 9.17) is 20.4 Å². The van der Waals surface area contributed by atoms with Gasteiger partial charge in [0.25, 0.3) is 0 Å². The molecule has 2 aliphatic rings. The van der Waals surface area contributed by atoms with Crippen LogP contribution < -0.4 is 10.6 Å². The topological polar surface area (TPSA) is 113 Å². The first-order chi connectivity index (χ1) is 14.9. The van der Waals surface area contributed by atoms with Crippen LogP contribution in [-0.2, 0) is 11.3 Å². The zero-order valence-electron chi connectivity index (χ0n) is 18.4. The molecule has 2 saturated heterocycles. The summed E-state index contributed by atoms with van der Waals surface area (Å²) in [6.07, 6.45) is 2.03. The highest BCUT2D eigenvalue weighted by Gasteiger charge is 2.47. The van der Waals surface area contributed by atoms with Crippen molar-refractivity contribution < 1.29 is 9.84 Å². The lowest BCUT2D eigenvalue weighted by atomic mass is 9.73. The highest BCUT2D eigenvalue weighted by molar-refractivity contribution is 5.81. The molecule has 164 valence electrons. The van der Waals surface area contributed by atoms with Crippen LogP contribution in [0, 0.1) is 19.3 Å². The number of aliphatic hydroxyl groups excluding tert-OH is 1. The van der Waals surface area contributed by atoms with Gasteiger partial charge >= 0.3 is 0 Å². The number of imidazole rings is 1. The first-order valence-electron chi connectivity index (χ1n) is 11.0. The minimum absolute atomic E-state index is 0.0509. The van der Waals surface area contributed by atoms with Crippen LogP contribution in [0.4, 0.5) is 5.82 Å². The smallest absolute Gasteiger partial charge is 0.153 e. The Labute approximate surface area is 181 Å². The fourth-order valence-corrected chi connectivity index (χ4v) is 5.10. The van der Waals surface area contributed by atoms with Crippen molar-refractivity contribution in [2.75, 3.05) is 24.6 Å². The third-order valence-electron chi connectivity index (χ3n) is 7.05. The molecule has 1 spiro atoms. The third-order valence-corrected chi connectivity index (χ3v) is 7.05. The summed E-state index contributed by atoms with van der Waals surface area (Å²) in [6.45, 7) is 8.23. The summed E-state index contributed by atoms with van der Waals surface area (Å²) >= 11 is 0. The molecule has 2 fully saturated rings. The number of piperidine rings is 1. The molecule has 4 heterocycles. The largest absolute Gasteiger partial charge is 0.390 e.